The molecule has 2 aromatic rings. The molecule has 1 aromatic heterocycles. The van der Waals surface area contributed by atoms with Gasteiger partial charge in [-0.2, -0.15) is 5.26 Å². The lowest BCUT2D eigenvalue weighted by Crippen LogP contribution is -2.30. The fourth-order valence-electron chi connectivity index (χ4n) is 1.85. The van der Waals surface area contributed by atoms with Crippen LogP contribution in [0.25, 0.3) is 0 Å². The smallest absolute Gasteiger partial charge is 0.264 e. The van der Waals surface area contributed by atoms with Crippen molar-refractivity contribution in [2.75, 3.05) is 10.8 Å². The van der Waals surface area contributed by atoms with E-state index in [1.54, 1.807) is 43.6 Å². The summed E-state index contributed by atoms with van der Waals surface area (Å²) >= 11 is 0. The molecular formula is C14H13N3O2S. The van der Waals surface area contributed by atoms with E-state index in [0.29, 0.717) is 17.8 Å². The van der Waals surface area contributed by atoms with Gasteiger partial charge in [-0.3, -0.25) is 9.29 Å². The van der Waals surface area contributed by atoms with Crippen LogP contribution in [0.3, 0.4) is 0 Å². The molecule has 0 radical (unpaired) electrons. The predicted molar refractivity (Wildman–Crippen MR) is 75.6 cm³/mol. The lowest BCUT2D eigenvalue weighted by molar-refractivity contribution is 0.592. The van der Waals surface area contributed by atoms with Crippen molar-refractivity contribution >= 4 is 15.7 Å². The molecule has 2 rings (SSSR count). The first-order chi connectivity index (χ1) is 9.59. The minimum absolute atomic E-state index is 0.107. The van der Waals surface area contributed by atoms with Crippen molar-refractivity contribution in [3.05, 3.63) is 54.4 Å². The van der Waals surface area contributed by atoms with Crippen molar-refractivity contribution in [1.29, 1.82) is 5.26 Å². The van der Waals surface area contributed by atoms with E-state index in [0.717, 1.165) is 0 Å². The number of sulfonamides is 1. The average molecular weight is 287 g/mol. The predicted octanol–water partition coefficient (Wildman–Crippen LogP) is 2.17. The van der Waals surface area contributed by atoms with Crippen LogP contribution in [0.4, 0.5) is 5.69 Å². The Bertz CT molecular complexity index is 737. The molecule has 5 nitrogen and oxygen atoms in total. The monoisotopic (exact) mass is 287 g/mol. The molecule has 0 unspecified atom stereocenters. The average Bonchev–Trinajstić information content (AvgIpc) is 2.49. The molecule has 0 saturated carbocycles. The highest BCUT2D eigenvalue weighted by Crippen LogP contribution is 2.23. The molecule has 0 saturated heterocycles. The first-order valence-electron chi connectivity index (χ1n) is 6.02. The molecule has 0 atom stereocenters. The fourth-order valence-corrected chi connectivity index (χ4v) is 3.38. The van der Waals surface area contributed by atoms with Crippen LogP contribution < -0.4 is 4.31 Å². The molecule has 102 valence electrons. The molecule has 0 aliphatic rings. The highest BCUT2D eigenvalue weighted by molar-refractivity contribution is 7.92. The number of nitriles is 1. The van der Waals surface area contributed by atoms with Gasteiger partial charge in [-0.25, -0.2) is 8.42 Å². The Balaban J connectivity index is 2.50. The van der Waals surface area contributed by atoms with E-state index in [9.17, 15) is 8.42 Å². The zero-order chi connectivity index (χ0) is 14.6. The van der Waals surface area contributed by atoms with E-state index in [1.807, 2.05) is 6.07 Å². The Morgan fingerprint density at radius 3 is 2.55 bits per heavy atom. The number of nitrogens with zero attached hydrogens (tertiary/aromatic N) is 3. The van der Waals surface area contributed by atoms with Crippen LogP contribution in [0.5, 0.6) is 0 Å². The Labute approximate surface area is 118 Å². The van der Waals surface area contributed by atoms with Gasteiger partial charge in [-0.05, 0) is 37.3 Å². The van der Waals surface area contributed by atoms with Crippen molar-refractivity contribution in [3.63, 3.8) is 0 Å². The zero-order valence-corrected chi connectivity index (χ0v) is 11.7. The summed E-state index contributed by atoms with van der Waals surface area (Å²) in [4.78, 5) is 3.99. The van der Waals surface area contributed by atoms with E-state index >= 15 is 0 Å². The first-order valence-corrected chi connectivity index (χ1v) is 7.46. The van der Waals surface area contributed by atoms with Gasteiger partial charge < -0.3 is 0 Å². The number of benzene rings is 1. The Morgan fingerprint density at radius 2 is 1.95 bits per heavy atom. The van der Waals surface area contributed by atoms with Gasteiger partial charge in [-0.15, -0.1) is 0 Å². The number of aromatic nitrogens is 1. The number of rotatable bonds is 4. The first kappa shape index (κ1) is 14.0. The molecule has 1 heterocycles. The van der Waals surface area contributed by atoms with Crippen molar-refractivity contribution in [3.8, 4) is 6.07 Å². The Morgan fingerprint density at radius 1 is 1.25 bits per heavy atom. The number of hydrogen-bond donors (Lipinski definition) is 0. The Kier molecular flexibility index (Phi) is 4.01. The van der Waals surface area contributed by atoms with Gasteiger partial charge in [0, 0.05) is 18.9 Å². The summed E-state index contributed by atoms with van der Waals surface area (Å²) in [5.41, 5.74) is 0.863. The zero-order valence-electron chi connectivity index (χ0n) is 10.9. The van der Waals surface area contributed by atoms with Crippen LogP contribution in [0, 0.1) is 11.3 Å². The lowest BCUT2D eigenvalue weighted by atomic mass is 10.2. The van der Waals surface area contributed by atoms with Gasteiger partial charge in [0.25, 0.3) is 10.0 Å². The lowest BCUT2D eigenvalue weighted by Gasteiger charge is -2.22. The summed E-state index contributed by atoms with van der Waals surface area (Å²) in [6.07, 6.45) is 3.08. The van der Waals surface area contributed by atoms with Gasteiger partial charge >= 0.3 is 0 Å². The second-order valence-electron chi connectivity index (χ2n) is 4.01. The molecule has 0 N–H and O–H groups in total. The van der Waals surface area contributed by atoms with Gasteiger partial charge in [0.2, 0.25) is 0 Å². The number of anilines is 1. The van der Waals surface area contributed by atoms with Crippen LogP contribution in [0.1, 0.15) is 12.5 Å². The summed E-state index contributed by atoms with van der Waals surface area (Å²) in [7, 11) is -3.68. The third-order valence-corrected chi connectivity index (χ3v) is 4.69. The van der Waals surface area contributed by atoms with Gasteiger partial charge in [0.1, 0.15) is 0 Å². The standard InChI is InChI=1S/C14H13N3O2S/c1-2-17(13-6-8-16-9-7-13)20(18,19)14-5-3-4-12(10-14)11-15/h3-10H,2H2,1H3. The molecule has 0 bridgehead atoms. The van der Waals surface area contributed by atoms with Gasteiger partial charge in [0.15, 0.2) is 0 Å². The summed E-state index contributed by atoms with van der Waals surface area (Å²) in [5, 5.41) is 8.87. The number of hydrogen-bond acceptors (Lipinski definition) is 4. The molecule has 6 heteroatoms. The van der Waals surface area contributed by atoms with Crippen molar-refractivity contribution < 1.29 is 8.42 Å². The second kappa shape index (κ2) is 5.72. The molecule has 0 aliphatic carbocycles. The SMILES string of the molecule is CCN(c1ccncc1)S(=O)(=O)c1cccc(C#N)c1. The molecule has 0 amide bonds. The molecule has 0 aliphatic heterocycles. The highest BCUT2D eigenvalue weighted by atomic mass is 32.2. The third-order valence-electron chi connectivity index (χ3n) is 2.79. The maximum atomic E-state index is 12.6. The molecule has 0 fully saturated rings. The number of pyridine rings is 1. The van der Waals surface area contributed by atoms with Crippen molar-refractivity contribution in [1.82, 2.24) is 4.98 Å². The van der Waals surface area contributed by atoms with Gasteiger partial charge in [-0.1, -0.05) is 6.07 Å². The summed E-state index contributed by atoms with van der Waals surface area (Å²) in [5.74, 6) is 0. The molecule has 20 heavy (non-hydrogen) atoms. The maximum Gasteiger partial charge on any atom is 0.264 e. The van der Waals surface area contributed by atoms with Crippen LogP contribution in [0.15, 0.2) is 53.7 Å². The molecular weight excluding hydrogens is 274 g/mol. The second-order valence-corrected chi connectivity index (χ2v) is 5.88. The normalized spacial score (nSPS) is 10.8. The fraction of sp³-hybridized carbons (Fsp3) is 0.143. The summed E-state index contributed by atoms with van der Waals surface area (Å²) in [6, 6.07) is 11.2. The highest BCUT2D eigenvalue weighted by Gasteiger charge is 2.23. The largest absolute Gasteiger partial charge is 0.267 e. The van der Waals surface area contributed by atoms with E-state index in [1.165, 1.54) is 16.4 Å². The Hall–Kier alpha value is -2.39. The van der Waals surface area contributed by atoms with E-state index in [-0.39, 0.29) is 4.90 Å². The van der Waals surface area contributed by atoms with Crippen LogP contribution in [-0.2, 0) is 10.0 Å². The minimum atomic E-state index is -3.68. The van der Waals surface area contributed by atoms with Crippen molar-refractivity contribution in [2.24, 2.45) is 0 Å². The van der Waals surface area contributed by atoms with E-state index in [4.69, 9.17) is 5.26 Å². The van der Waals surface area contributed by atoms with Crippen LogP contribution in [-0.4, -0.2) is 19.9 Å². The quantitative estimate of drug-likeness (QED) is 0.863. The maximum absolute atomic E-state index is 12.6. The molecule has 1 aromatic carbocycles. The van der Waals surface area contributed by atoms with E-state index in [2.05, 4.69) is 4.98 Å². The van der Waals surface area contributed by atoms with Crippen LogP contribution in [0.2, 0.25) is 0 Å². The van der Waals surface area contributed by atoms with Gasteiger partial charge in [0.05, 0.1) is 22.2 Å². The molecule has 0 spiro atoms. The minimum Gasteiger partial charge on any atom is -0.267 e. The summed E-state index contributed by atoms with van der Waals surface area (Å²) in [6.45, 7) is 2.05. The topological polar surface area (TPSA) is 74.1 Å². The summed E-state index contributed by atoms with van der Waals surface area (Å²) < 4.78 is 26.5. The van der Waals surface area contributed by atoms with E-state index < -0.39 is 10.0 Å². The van der Waals surface area contributed by atoms with Crippen molar-refractivity contribution in [2.45, 2.75) is 11.8 Å². The third kappa shape index (κ3) is 2.63. The van der Waals surface area contributed by atoms with Crippen LogP contribution >= 0.6 is 0 Å².